The van der Waals surface area contributed by atoms with Crippen LogP contribution in [0.2, 0.25) is 5.02 Å². The third-order valence-corrected chi connectivity index (χ3v) is 9.20. The van der Waals surface area contributed by atoms with Gasteiger partial charge in [0.2, 0.25) is 11.8 Å². The number of nitrogens with zero attached hydrogens (tertiary/aromatic N) is 3. The maximum Gasteiger partial charge on any atom is 0.271 e. The van der Waals surface area contributed by atoms with E-state index >= 15 is 0 Å². The number of non-ortho nitro benzene ring substituents is 1. The largest absolute Gasteiger partial charge is 0.354 e. The molecule has 0 bridgehead atoms. The molecule has 10 nitrogen and oxygen atoms in total. The molecule has 4 aromatic carbocycles. The van der Waals surface area contributed by atoms with Gasteiger partial charge in [-0.1, -0.05) is 92.2 Å². The summed E-state index contributed by atoms with van der Waals surface area (Å²) in [7, 11) is -4.38. The molecule has 0 fully saturated rings. The Hall–Kier alpha value is -4.74. The molecule has 240 valence electrons. The number of nitrogens with one attached hydrogen (secondary N) is 1. The summed E-state index contributed by atoms with van der Waals surface area (Å²) >= 11 is 6.12. The van der Waals surface area contributed by atoms with Crippen LogP contribution in [0.1, 0.15) is 25.0 Å². The predicted octanol–water partition coefficient (Wildman–Crippen LogP) is 5.86. The van der Waals surface area contributed by atoms with E-state index in [4.69, 9.17) is 11.6 Å². The van der Waals surface area contributed by atoms with Gasteiger partial charge < -0.3 is 10.2 Å². The maximum atomic E-state index is 14.4. The Morgan fingerprint density at radius 3 is 2.11 bits per heavy atom. The Morgan fingerprint density at radius 1 is 0.870 bits per heavy atom. The van der Waals surface area contributed by atoms with E-state index in [-0.39, 0.29) is 35.2 Å². The number of rotatable bonds is 14. The van der Waals surface area contributed by atoms with Crippen LogP contribution in [0.15, 0.2) is 114 Å². The van der Waals surface area contributed by atoms with Crippen LogP contribution in [0.3, 0.4) is 0 Å². The highest BCUT2D eigenvalue weighted by Crippen LogP contribution is 2.28. The standard InChI is InChI=1S/C34H35ClN4O6S/c1-25(2)22-36-34(41)32(20-26-10-5-3-6-11-26)37(23-27-16-18-28(35)19-17-27)33(40)24-38(29-12-9-13-30(21-29)39(42)43)46(44,45)31-14-7-4-8-15-31/h3-19,21,25,32H,20,22-24H2,1-2H3,(H,36,41). The fourth-order valence-electron chi connectivity index (χ4n) is 4.77. The smallest absolute Gasteiger partial charge is 0.271 e. The van der Waals surface area contributed by atoms with Gasteiger partial charge in [0.05, 0.1) is 15.5 Å². The zero-order valence-electron chi connectivity index (χ0n) is 25.5. The minimum Gasteiger partial charge on any atom is -0.354 e. The van der Waals surface area contributed by atoms with Crippen LogP contribution in [-0.4, -0.2) is 49.2 Å². The molecule has 0 aliphatic heterocycles. The first-order chi connectivity index (χ1) is 22.0. The summed E-state index contributed by atoms with van der Waals surface area (Å²) in [5.41, 5.74) is 1.06. The molecule has 46 heavy (non-hydrogen) atoms. The molecule has 12 heteroatoms. The first-order valence-electron chi connectivity index (χ1n) is 14.6. The van der Waals surface area contributed by atoms with E-state index in [1.54, 1.807) is 42.5 Å². The van der Waals surface area contributed by atoms with Crippen LogP contribution in [-0.2, 0) is 32.6 Å². The number of nitro benzene ring substituents is 1. The van der Waals surface area contributed by atoms with Crippen LogP contribution < -0.4 is 9.62 Å². The lowest BCUT2D eigenvalue weighted by atomic mass is 10.0. The molecule has 0 aliphatic carbocycles. The molecule has 4 aromatic rings. The second-order valence-corrected chi connectivity index (χ2v) is 13.4. The van der Waals surface area contributed by atoms with Gasteiger partial charge in [0.25, 0.3) is 15.7 Å². The molecule has 0 aliphatic rings. The Labute approximate surface area is 273 Å². The van der Waals surface area contributed by atoms with Gasteiger partial charge in [0, 0.05) is 36.7 Å². The number of sulfonamides is 1. The second-order valence-electron chi connectivity index (χ2n) is 11.1. The van der Waals surface area contributed by atoms with Crippen LogP contribution in [0.4, 0.5) is 11.4 Å². The average Bonchev–Trinajstić information content (AvgIpc) is 3.05. The van der Waals surface area contributed by atoms with E-state index in [0.29, 0.717) is 17.1 Å². The number of halogens is 1. The topological polar surface area (TPSA) is 130 Å². The predicted molar refractivity (Wildman–Crippen MR) is 178 cm³/mol. The van der Waals surface area contributed by atoms with E-state index in [0.717, 1.165) is 15.9 Å². The van der Waals surface area contributed by atoms with Crippen molar-refractivity contribution in [2.75, 3.05) is 17.4 Å². The Bertz CT molecular complexity index is 1750. The summed E-state index contributed by atoms with van der Waals surface area (Å²) in [6.07, 6.45) is 0.159. The lowest BCUT2D eigenvalue weighted by molar-refractivity contribution is -0.384. The Morgan fingerprint density at radius 2 is 1.50 bits per heavy atom. The molecule has 2 amide bonds. The van der Waals surface area contributed by atoms with Gasteiger partial charge >= 0.3 is 0 Å². The number of carbonyl (C=O) groups excluding carboxylic acids is 2. The van der Waals surface area contributed by atoms with Crippen LogP contribution in [0.5, 0.6) is 0 Å². The van der Waals surface area contributed by atoms with Gasteiger partial charge in [-0.3, -0.25) is 24.0 Å². The number of carbonyl (C=O) groups is 2. The third kappa shape index (κ3) is 8.92. The van der Waals surface area contributed by atoms with Gasteiger partial charge in [0.1, 0.15) is 12.6 Å². The van der Waals surface area contributed by atoms with E-state index in [1.807, 2.05) is 44.2 Å². The highest BCUT2D eigenvalue weighted by atomic mass is 35.5. The molecule has 0 heterocycles. The second kappa shape index (κ2) is 15.5. The molecule has 4 rings (SSSR count). The van der Waals surface area contributed by atoms with Gasteiger partial charge in [0.15, 0.2) is 0 Å². The number of benzene rings is 4. The van der Waals surface area contributed by atoms with Crippen molar-refractivity contribution in [1.29, 1.82) is 0 Å². The van der Waals surface area contributed by atoms with Crippen molar-refractivity contribution in [1.82, 2.24) is 10.2 Å². The lowest BCUT2D eigenvalue weighted by Gasteiger charge is -2.34. The fraction of sp³-hybridized carbons (Fsp3) is 0.235. The summed E-state index contributed by atoms with van der Waals surface area (Å²) in [4.78, 5) is 40.5. The summed E-state index contributed by atoms with van der Waals surface area (Å²) < 4.78 is 28.9. The highest BCUT2D eigenvalue weighted by Gasteiger charge is 2.35. The van der Waals surface area contributed by atoms with Gasteiger partial charge in [-0.15, -0.1) is 0 Å². The zero-order chi connectivity index (χ0) is 33.3. The molecule has 1 unspecified atom stereocenters. The maximum absolute atomic E-state index is 14.4. The van der Waals surface area contributed by atoms with E-state index in [2.05, 4.69) is 5.32 Å². The summed E-state index contributed by atoms with van der Waals surface area (Å²) in [6.45, 7) is 3.52. The minimum atomic E-state index is -4.38. The molecular formula is C34H35ClN4O6S. The van der Waals surface area contributed by atoms with E-state index < -0.39 is 39.3 Å². The molecule has 0 aromatic heterocycles. The Balaban J connectivity index is 1.82. The lowest BCUT2D eigenvalue weighted by Crippen LogP contribution is -2.53. The first kappa shape index (κ1) is 34.1. The zero-order valence-corrected chi connectivity index (χ0v) is 27.0. The van der Waals surface area contributed by atoms with Gasteiger partial charge in [-0.05, 0) is 47.4 Å². The minimum absolute atomic E-state index is 0.0310. The van der Waals surface area contributed by atoms with Crippen molar-refractivity contribution in [2.24, 2.45) is 5.92 Å². The summed E-state index contributed by atoms with van der Waals surface area (Å²) in [5.74, 6) is -0.934. The molecule has 0 radical (unpaired) electrons. The average molecular weight is 663 g/mol. The normalized spacial score (nSPS) is 11.9. The Kier molecular flexibility index (Phi) is 11.5. The molecular weight excluding hydrogens is 628 g/mol. The molecule has 0 saturated carbocycles. The number of nitro groups is 1. The van der Waals surface area contributed by atoms with Crippen molar-refractivity contribution in [3.8, 4) is 0 Å². The summed E-state index contributed by atoms with van der Waals surface area (Å²) in [5, 5.41) is 15.0. The molecule has 1 atom stereocenters. The monoisotopic (exact) mass is 662 g/mol. The molecule has 1 N–H and O–H groups in total. The van der Waals surface area contributed by atoms with Gasteiger partial charge in [-0.2, -0.15) is 0 Å². The van der Waals surface area contributed by atoms with E-state index in [9.17, 15) is 28.1 Å². The number of amides is 2. The number of hydrogen-bond acceptors (Lipinski definition) is 6. The third-order valence-electron chi connectivity index (χ3n) is 7.16. The molecule has 0 spiro atoms. The quantitative estimate of drug-likeness (QED) is 0.133. The van der Waals surface area contributed by atoms with Crippen LogP contribution in [0.25, 0.3) is 0 Å². The van der Waals surface area contributed by atoms with Gasteiger partial charge in [-0.25, -0.2) is 8.42 Å². The van der Waals surface area contributed by atoms with Crippen LogP contribution in [0, 0.1) is 16.0 Å². The first-order valence-corrected chi connectivity index (χ1v) is 16.5. The fourth-order valence-corrected chi connectivity index (χ4v) is 6.33. The SMILES string of the molecule is CC(C)CNC(=O)C(Cc1ccccc1)N(Cc1ccc(Cl)cc1)C(=O)CN(c1cccc([N+](=O)[O-])c1)S(=O)(=O)c1ccccc1. The molecule has 0 saturated heterocycles. The number of anilines is 1. The highest BCUT2D eigenvalue weighted by molar-refractivity contribution is 7.92. The van der Waals surface area contributed by atoms with Crippen molar-refractivity contribution < 1.29 is 22.9 Å². The van der Waals surface area contributed by atoms with Crippen molar-refractivity contribution in [3.05, 3.63) is 135 Å². The van der Waals surface area contributed by atoms with E-state index in [1.165, 1.54) is 35.2 Å². The number of hydrogen-bond donors (Lipinski definition) is 1. The van der Waals surface area contributed by atoms with Crippen molar-refractivity contribution in [3.63, 3.8) is 0 Å². The van der Waals surface area contributed by atoms with Crippen molar-refractivity contribution >= 4 is 44.8 Å². The van der Waals surface area contributed by atoms with Crippen LogP contribution >= 0.6 is 11.6 Å². The summed E-state index contributed by atoms with van der Waals surface area (Å²) in [6, 6.07) is 27.6. The van der Waals surface area contributed by atoms with Crippen molar-refractivity contribution in [2.45, 2.75) is 37.8 Å².